The minimum absolute atomic E-state index is 0.0277. The summed E-state index contributed by atoms with van der Waals surface area (Å²) in [7, 11) is 1.98. The number of benzene rings is 1. The minimum Gasteiger partial charge on any atom is -0.324 e. The van der Waals surface area contributed by atoms with Gasteiger partial charge in [0.05, 0.1) is 22.7 Å². The van der Waals surface area contributed by atoms with Crippen molar-refractivity contribution in [1.29, 1.82) is 0 Å². The Kier molecular flexibility index (Phi) is 6.10. The number of nitrogens with one attached hydrogen (secondary N) is 1. The molecule has 1 saturated carbocycles. The van der Waals surface area contributed by atoms with Crippen LogP contribution in [0.5, 0.6) is 0 Å². The van der Waals surface area contributed by atoms with Crippen LogP contribution in [-0.4, -0.2) is 35.4 Å². The van der Waals surface area contributed by atoms with Crippen LogP contribution in [0.15, 0.2) is 18.2 Å². The first-order valence-electron chi connectivity index (χ1n) is 8.23. The normalized spacial score (nSPS) is 16.1. The predicted molar refractivity (Wildman–Crippen MR) is 90.6 cm³/mol. The van der Waals surface area contributed by atoms with Gasteiger partial charge in [-0.3, -0.25) is 19.8 Å². The van der Waals surface area contributed by atoms with E-state index in [1.807, 2.05) is 7.05 Å². The van der Waals surface area contributed by atoms with Crippen molar-refractivity contribution >= 4 is 17.3 Å². The van der Waals surface area contributed by atoms with E-state index in [1.165, 1.54) is 31.7 Å². The number of anilines is 1. The van der Waals surface area contributed by atoms with Gasteiger partial charge in [0.15, 0.2) is 0 Å². The van der Waals surface area contributed by atoms with E-state index in [1.54, 1.807) is 19.1 Å². The van der Waals surface area contributed by atoms with Crippen molar-refractivity contribution in [1.82, 2.24) is 4.90 Å². The molecule has 0 spiro atoms. The van der Waals surface area contributed by atoms with Crippen LogP contribution in [0, 0.1) is 17.0 Å². The topological polar surface area (TPSA) is 75.5 Å². The van der Waals surface area contributed by atoms with Gasteiger partial charge in [0.2, 0.25) is 5.91 Å². The molecule has 0 bridgehead atoms. The van der Waals surface area contributed by atoms with Crippen LogP contribution in [0.4, 0.5) is 11.4 Å². The molecule has 23 heavy (non-hydrogen) atoms. The number of amides is 1. The summed E-state index contributed by atoms with van der Waals surface area (Å²) < 4.78 is 0. The monoisotopic (exact) mass is 319 g/mol. The molecule has 0 aromatic heterocycles. The second-order valence-electron chi connectivity index (χ2n) is 6.32. The molecule has 0 radical (unpaired) electrons. The average molecular weight is 319 g/mol. The predicted octanol–water partition coefficient (Wildman–Crippen LogP) is 3.50. The number of nitro groups is 1. The third kappa shape index (κ3) is 4.76. The van der Waals surface area contributed by atoms with Gasteiger partial charge >= 0.3 is 0 Å². The molecule has 1 fully saturated rings. The van der Waals surface area contributed by atoms with Gasteiger partial charge in [-0.1, -0.05) is 31.7 Å². The number of carbonyl (C=O) groups is 1. The molecular weight excluding hydrogens is 294 g/mol. The van der Waals surface area contributed by atoms with Gasteiger partial charge in [-0.05, 0) is 32.9 Å². The summed E-state index contributed by atoms with van der Waals surface area (Å²) in [5, 5.41) is 13.8. The molecule has 0 heterocycles. The summed E-state index contributed by atoms with van der Waals surface area (Å²) in [6.45, 7) is 1.97. The first-order valence-corrected chi connectivity index (χ1v) is 8.23. The Balaban J connectivity index is 1.96. The zero-order valence-electron chi connectivity index (χ0n) is 13.9. The Morgan fingerprint density at radius 1 is 1.30 bits per heavy atom. The Morgan fingerprint density at radius 3 is 2.57 bits per heavy atom. The van der Waals surface area contributed by atoms with E-state index in [4.69, 9.17) is 0 Å². The Hall–Kier alpha value is -1.95. The van der Waals surface area contributed by atoms with E-state index in [-0.39, 0.29) is 11.6 Å². The van der Waals surface area contributed by atoms with Crippen LogP contribution in [0.25, 0.3) is 0 Å². The largest absolute Gasteiger partial charge is 0.324 e. The molecule has 6 heteroatoms. The highest BCUT2D eigenvalue weighted by Gasteiger charge is 2.20. The summed E-state index contributed by atoms with van der Waals surface area (Å²) in [6.07, 6.45) is 7.29. The fourth-order valence-electron chi connectivity index (χ4n) is 3.20. The first kappa shape index (κ1) is 17.4. The smallest absolute Gasteiger partial charge is 0.274 e. The SMILES string of the molecule is Cc1c(NC(=O)CN(C)C2CCCCCC2)cccc1[N+](=O)[O-]. The van der Waals surface area contributed by atoms with Crippen molar-refractivity contribution in [3.8, 4) is 0 Å². The maximum atomic E-state index is 12.3. The second kappa shape index (κ2) is 8.06. The van der Waals surface area contributed by atoms with E-state index in [9.17, 15) is 14.9 Å². The Labute approximate surface area is 137 Å². The summed E-state index contributed by atoms with van der Waals surface area (Å²) >= 11 is 0. The third-order valence-electron chi connectivity index (χ3n) is 4.62. The number of nitrogens with zero attached hydrogens (tertiary/aromatic N) is 2. The summed E-state index contributed by atoms with van der Waals surface area (Å²) in [6, 6.07) is 5.19. The standard InChI is InChI=1S/C17H25N3O3/c1-13-15(10-7-11-16(13)20(22)23)18-17(21)12-19(2)14-8-5-3-4-6-9-14/h7,10-11,14H,3-6,8-9,12H2,1-2H3,(H,18,21). The van der Waals surface area contributed by atoms with Crippen molar-refractivity contribution in [3.05, 3.63) is 33.9 Å². The molecule has 0 unspecified atom stereocenters. The van der Waals surface area contributed by atoms with Crippen LogP contribution in [0.2, 0.25) is 0 Å². The molecule has 1 aromatic carbocycles. The Morgan fingerprint density at radius 2 is 1.96 bits per heavy atom. The lowest BCUT2D eigenvalue weighted by Crippen LogP contribution is -2.37. The van der Waals surface area contributed by atoms with Gasteiger partial charge in [0.1, 0.15) is 0 Å². The Bertz CT molecular complexity index is 566. The fraction of sp³-hybridized carbons (Fsp3) is 0.588. The number of nitro benzene ring substituents is 1. The number of rotatable bonds is 5. The highest BCUT2D eigenvalue weighted by molar-refractivity contribution is 5.93. The van der Waals surface area contributed by atoms with Crippen molar-refractivity contribution in [2.24, 2.45) is 0 Å². The van der Waals surface area contributed by atoms with E-state index < -0.39 is 4.92 Å². The highest BCUT2D eigenvalue weighted by Crippen LogP contribution is 2.25. The fourth-order valence-corrected chi connectivity index (χ4v) is 3.20. The van der Waals surface area contributed by atoms with Crippen LogP contribution < -0.4 is 5.32 Å². The van der Waals surface area contributed by atoms with Gasteiger partial charge in [-0.25, -0.2) is 0 Å². The van der Waals surface area contributed by atoms with Gasteiger partial charge in [0, 0.05) is 12.1 Å². The van der Waals surface area contributed by atoms with Crippen LogP contribution in [0.3, 0.4) is 0 Å². The van der Waals surface area contributed by atoms with Gasteiger partial charge in [-0.15, -0.1) is 0 Å². The van der Waals surface area contributed by atoms with Crippen LogP contribution >= 0.6 is 0 Å². The molecule has 0 aliphatic heterocycles. The number of likely N-dealkylation sites (N-methyl/N-ethyl adjacent to an activating group) is 1. The number of hydrogen-bond acceptors (Lipinski definition) is 4. The molecule has 126 valence electrons. The molecule has 2 rings (SSSR count). The zero-order valence-corrected chi connectivity index (χ0v) is 13.9. The quantitative estimate of drug-likeness (QED) is 0.512. The van der Waals surface area contributed by atoms with Crippen molar-refractivity contribution in [3.63, 3.8) is 0 Å². The number of carbonyl (C=O) groups excluding carboxylic acids is 1. The average Bonchev–Trinajstić information content (AvgIpc) is 2.78. The van der Waals surface area contributed by atoms with E-state index in [0.29, 0.717) is 23.8 Å². The molecule has 1 aliphatic carbocycles. The highest BCUT2D eigenvalue weighted by atomic mass is 16.6. The summed E-state index contributed by atoms with van der Waals surface area (Å²) in [5.74, 6) is -0.125. The maximum Gasteiger partial charge on any atom is 0.274 e. The van der Waals surface area contributed by atoms with Crippen molar-refractivity contribution < 1.29 is 9.72 Å². The minimum atomic E-state index is -0.428. The summed E-state index contributed by atoms with van der Waals surface area (Å²) in [4.78, 5) is 24.9. The lowest BCUT2D eigenvalue weighted by molar-refractivity contribution is -0.385. The molecule has 1 aliphatic rings. The van der Waals surface area contributed by atoms with Crippen LogP contribution in [0.1, 0.15) is 44.1 Å². The lowest BCUT2D eigenvalue weighted by atomic mass is 10.1. The zero-order chi connectivity index (χ0) is 16.8. The molecule has 0 atom stereocenters. The molecular formula is C17H25N3O3. The van der Waals surface area contributed by atoms with Crippen molar-refractivity contribution in [2.75, 3.05) is 18.9 Å². The number of hydrogen-bond donors (Lipinski definition) is 1. The lowest BCUT2D eigenvalue weighted by Gasteiger charge is -2.26. The van der Waals surface area contributed by atoms with Gasteiger partial charge in [0.25, 0.3) is 5.69 Å². The second-order valence-corrected chi connectivity index (χ2v) is 6.32. The molecule has 6 nitrogen and oxygen atoms in total. The molecule has 1 amide bonds. The van der Waals surface area contributed by atoms with Crippen LogP contribution in [-0.2, 0) is 4.79 Å². The summed E-state index contributed by atoms with van der Waals surface area (Å²) in [5.41, 5.74) is 1.03. The first-order chi connectivity index (χ1) is 11.0. The molecule has 0 saturated heterocycles. The molecule has 1 N–H and O–H groups in total. The molecule has 1 aromatic rings. The maximum absolute atomic E-state index is 12.3. The van der Waals surface area contributed by atoms with E-state index >= 15 is 0 Å². The van der Waals surface area contributed by atoms with Gasteiger partial charge in [-0.2, -0.15) is 0 Å². The van der Waals surface area contributed by atoms with E-state index in [0.717, 1.165) is 12.8 Å². The van der Waals surface area contributed by atoms with E-state index in [2.05, 4.69) is 10.2 Å². The van der Waals surface area contributed by atoms with Gasteiger partial charge < -0.3 is 5.32 Å². The third-order valence-corrected chi connectivity index (χ3v) is 4.62. The van der Waals surface area contributed by atoms with Crippen molar-refractivity contribution in [2.45, 2.75) is 51.5 Å².